The maximum atomic E-state index is 13.4. The number of benzene rings is 1. The first-order valence-electron chi connectivity index (χ1n) is 5.29. The molecule has 3 amide bonds. The lowest BCUT2D eigenvalue weighted by Gasteiger charge is -2.08. The van der Waals surface area contributed by atoms with E-state index in [1.54, 1.807) is 0 Å². The lowest BCUT2D eigenvalue weighted by Crippen LogP contribution is -2.37. The van der Waals surface area contributed by atoms with Crippen LogP contribution in [0.15, 0.2) is 12.1 Å². The molecule has 0 saturated carbocycles. The molecular weight excluding hydrogens is 239 g/mol. The van der Waals surface area contributed by atoms with Gasteiger partial charge < -0.3 is 22.1 Å². The Morgan fingerprint density at radius 3 is 2.44 bits per heavy atom. The predicted molar refractivity (Wildman–Crippen MR) is 65.5 cm³/mol. The second-order valence-electron chi connectivity index (χ2n) is 3.72. The van der Waals surface area contributed by atoms with Crippen LogP contribution in [0.25, 0.3) is 0 Å². The third kappa shape index (κ3) is 3.62. The Labute approximate surface area is 104 Å². The molecule has 98 valence electrons. The van der Waals surface area contributed by atoms with Gasteiger partial charge in [0.25, 0.3) is 5.91 Å². The first-order valence-corrected chi connectivity index (χ1v) is 5.29. The minimum atomic E-state index is -0.671. The Morgan fingerprint density at radius 2 is 1.89 bits per heavy atom. The summed E-state index contributed by atoms with van der Waals surface area (Å²) in [6.07, 6.45) is 0. The van der Waals surface area contributed by atoms with Crippen molar-refractivity contribution in [1.82, 2.24) is 10.6 Å². The quantitative estimate of drug-likeness (QED) is 0.452. The molecule has 0 radical (unpaired) electrons. The average molecular weight is 254 g/mol. The molecule has 0 bridgehead atoms. The molecule has 0 heterocycles. The van der Waals surface area contributed by atoms with Crippen LogP contribution >= 0.6 is 0 Å². The molecule has 0 aliphatic rings. The molecule has 18 heavy (non-hydrogen) atoms. The topological polar surface area (TPSA) is 110 Å². The number of carbonyl (C=O) groups excluding carboxylic acids is 2. The largest absolute Gasteiger partial charge is 0.398 e. The highest BCUT2D eigenvalue weighted by molar-refractivity contribution is 5.95. The van der Waals surface area contributed by atoms with E-state index >= 15 is 0 Å². The smallest absolute Gasteiger partial charge is 0.312 e. The summed E-state index contributed by atoms with van der Waals surface area (Å²) >= 11 is 0. The highest BCUT2D eigenvalue weighted by atomic mass is 19.1. The van der Waals surface area contributed by atoms with Crippen molar-refractivity contribution in [3.8, 4) is 0 Å². The highest BCUT2D eigenvalue weighted by Gasteiger charge is 2.10. The van der Waals surface area contributed by atoms with Crippen LogP contribution in [0, 0.1) is 12.7 Å². The molecule has 6 N–H and O–H groups in total. The van der Waals surface area contributed by atoms with Crippen LogP contribution in [-0.4, -0.2) is 25.0 Å². The molecule has 0 aliphatic heterocycles. The number of carbonyl (C=O) groups is 2. The van der Waals surface area contributed by atoms with E-state index in [0.29, 0.717) is 5.56 Å². The number of halogens is 1. The Balaban J connectivity index is 2.59. The molecule has 0 aliphatic carbocycles. The van der Waals surface area contributed by atoms with Gasteiger partial charge in [0.2, 0.25) is 0 Å². The summed E-state index contributed by atoms with van der Waals surface area (Å²) in [5, 5.41) is 4.81. The van der Waals surface area contributed by atoms with Gasteiger partial charge in [0.15, 0.2) is 0 Å². The lowest BCUT2D eigenvalue weighted by molar-refractivity contribution is 0.0953. The number of anilines is 1. The summed E-state index contributed by atoms with van der Waals surface area (Å²) in [6, 6.07) is 1.84. The summed E-state index contributed by atoms with van der Waals surface area (Å²) in [5.74, 6) is -0.998. The molecule has 6 nitrogen and oxygen atoms in total. The van der Waals surface area contributed by atoms with Crippen molar-refractivity contribution < 1.29 is 14.0 Å². The SMILES string of the molecule is Cc1c(N)cc(C(=O)NCCNC(N)=O)cc1F. The molecule has 0 atom stereocenters. The van der Waals surface area contributed by atoms with Crippen molar-refractivity contribution >= 4 is 17.6 Å². The number of urea groups is 1. The second kappa shape index (κ2) is 5.85. The van der Waals surface area contributed by atoms with Crippen LogP contribution in [0.2, 0.25) is 0 Å². The summed E-state index contributed by atoms with van der Waals surface area (Å²) in [4.78, 5) is 22.0. The van der Waals surface area contributed by atoms with Gasteiger partial charge >= 0.3 is 6.03 Å². The summed E-state index contributed by atoms with van der Waals surface area (Å²) < 4.78 is 13.4. The zero-order chi connectivity index (χ0) is 13.7. The summed E-state index contributed by atoms with van der Waals surface area (Å²) in [5.41, 5.74) is 11.1. The first-order chi connectivity index (χ1) is 8.41. The second-order valence-corrected chi connectivity index (χ2v) is 3.72. The van der Waals surface area contributed by atoms with E-state index in [1.165, 1.54) is 13.0 Å². The van der Waals surface area contributed by atoms with Gasteiger partial charge in [-0.25, -0.2) is 9.18 Å². The van der Waals surface area contributed by atoms with E-state index in [4.69, 9.17) is 11.5 Å². The van der Waals surface area contributed by atoms with Crippen LogP contribution in [0.3, 0.4) is 0 Å². The number of nitrogens with one attached hydrogen (secondary N) is 2. The van der Waals surface area contributed by atoms with Crippen LogP contribution in [0.4, 0.5) is 14.9 Å². The number of nitrogens with two attached hydrogens (primary N) is 2. The Bertz CT molecular complexity index is 453. The van der Waals surface area contributed by atoms with E-state index in [9.17, 15) is 14.0 Å². The third-order valence-corrected chi connectivity index (χ3v) is 2.36. The predicted octanol–water partition coefficient (Wildman–Crippen LogP) is 0.114. The molecule has 0 unspecified atom stereocenters. The monoisotopic (exact) mass is 254 g/mol. The van der Waals surface area contributed by atoms with Crippen LogP contribution in [0.5, 0.6) is 0 Å². The van der Waals surface area contributed by atoms with Crippen LogP contribution in [-0.2, 0) is 0 Å². The minimum absolute atomic E-state index is 0.134. The van der Waals surface area contributed by atoms with Crippen molar-refractivity contribution in [3.63, 3.8) is 0 Å². The first kappa shape index (κ1) is 13.8. The number of amides is 3. The molecule has 0 aromatic heterocycles. The van der Waals surface area contributed by atoms with E-state index < -0.39 is 17.8 Å². The third-order valence-electron chi connectivity index (χ3n) is 2.36. The van der Waals surface area contributed by atoms with Gasteiger partial charge in [0, 0.05) is 29.9 Å². The molecule has 0 saturated heterocycles. The van der Waals surface area contributed by atoms with Gasteiger partial charge in [-0.2, -0.15) is 0 Å². The number of rotatable bonds is 4. The van der Waals surface area contributed by atoms with E-state index in [2.05, 4.69) is 10.6 Å². The van der Waals surface area contributed by atoms with Gasteiger partial charge in [-0.3, -0.25) is 4.79 Å². The van der Waals surface area contributed by atoms with Crippen molar-refractivity contribution in [1.29, 1.82) is 0 Å². The van der Waals surface area contributed by atoms with Crippen LogP contribution in [0.1, 0.15) is 15.9 Å². The van der Waals surface area contributed by atoms with Gasteiger partial charge in [0.05, 0.1) is 0 Å². The van der Waals surface area contributed by atoms with E-state index in [-0.39, 0.29) is 24.3 Å². The Kier molecular flexibility index (Phi) is 4.47. The molecule has 1 rings (SSSR count). The van der Waals surface area contributed by atoms with Gasteiger partial charge in [-0.15, -0.1) is 0 Å². The van der Waals surface area contributed by atoms with Crippen molar-refractivity contribution in [3.05, 3.63) is 29.1 Å². The minimum Gasteiger partial charge on any atom is -0.398 e. The van der Waals surface area contributed by atoms with E-state index in [1.807, 2.05) is 0 Å². The van der Waals surface area contributed by atoms with Gasteiger partial charge in [-0.05, 0) is 19.1 Å². The van der Waals surface area contributed by atoms with Crippen LogP contribution < -0.4 is 22.1 Å². The molecule has 0 fully saturated rings. The lowest BCUT2D eigenvalue weighted by atomic mass is 10.1. The summed E-state index contributed by atoms with van der Waals surface area (Å²) in [7, 11) is 0. The Morgan fingerprint density at radius 1 is 1.28 bits per heavy atom. The fraction of sp³-hybridized carbons (Fsp3) is 0.273. The fourth-order valence-corrected chi connectivity index (χ4v) is 1.30. The molecule has 1 aromatic rings. The van der Waals surface area contributed by atoms with Crippen molar-refractivity contribution in [2.24, 2.45) is 5.73 Å². The zero-order valence-electron chi connectivity index (χ0n) is 9.92. The van der Waals surface area contributed by atoms with Gasteiger partial charge in [0.1, 0.15) is 5.82 Å². The number of primary amides is 1. The highest BCUT2D eigenvalue weighted by Crippen LogP contribution is 2.17. The van der Waals surface area contributed by atoms with Crippen molar-refractivity contribution in [2.75, 3.05) is 18.8 Å². The maximum absolute atomic E-state index is 13.4. The number of hydrogen-bond donors (Lipinski definition) is 4. The fourth-order valence-electron chi connectivity index (χ4n) is 1.30. The number of hydrogen-bond acceptors (Lipinski definition) is 3. The van der Waals surface area contributed by atoms with E-state index in [0.717, 1.165) is 6.07 Å². The molecule has 0 spiro atoms. The zero-order valence-corrected chi connectivity index (χ0v) is 9.92. The van der Waals surface area contributed by atoms with Gasteiger partial charge in [-0.1, -0.05) is 0 Å². The molecule has 1 aromatic carbocycles. The molecular formula is C11H15FN4O2. The normalized spacial score (nSPS) is 9.89. The number of nitrogen functional groups attached to an aromatic ring is 1. The molecule has 7 heteroatoms. The standard InChI is InChI=1S/C11H15FN4O2/c1-6-8(12)4-7(5-9(6)13)10(17)15-2-3-16-11(14)18/h4-5H,2-3,13H2,1H3,(H,15,17)(H3,14,16,18). The Hall–Kier alpha value is -2.31. The summed E-state index contributed by atoms with van der Waals surface area (Å²) in [6.45, 7) is 1.92. The maximum Gasteiger partial charge on any atom is 0.312 e. The van der Waals surface area contributed by atoms with Crippen molar-refractivity contribution in [2.45, 2.75) is 6.92 Å². The average Bonchev–Trinajstić information content (AvgIpc) is 2.30.